The summed E-state index contributed by atoms with van der Waals surface area (Å²) in [6, 6.07) is 9.88. The van der Waals surface area contributed by atoms with Crippen molar-refractivity contribution < 1.29 is 9.53 Å². The normalized spacial score (nSPS) is 23.1. The van der Waals surface area contributed by atoms with Crippen LogP contribution in [0.1, 0.15) is 12.5 Å². The Morgan fingerprint density at radius 1 is 1.47 bits per heavy atom. The second-order valence-electron chi connectivity index (χ2n) is 4.43. The van der Waals surface area contributed by atoms with Crippen LogP contribution in [0.15, 0.2) is 30.3 Å². The van der Waals surface area contributed by atoms with E-state index < -0.39 is 0 Å². The standard InChI is InChI=1S/C13H18N2O2/c1-10-12(7-14)8-15(10)13(16)17-9-11-5-3-2-4-6-11/h2-6,10,12H,7-9,14H2,1H3. The molecule has 1 aromatic carbocycles. The topological polar surface area (TPSA) is 55.6 Å². The fourth-order valence-corrected chi connectivity index (χ4v) is 2.00. The Balaban J connectivity index is 1.79. The monoisotopic (exact) mass is 234 g/mol. The molecular formula is C13H18N2O2. The van der Waals surface area contributed by atoms with Crippen LogP contribution >= 0.6 is 0 Å². The Kier molecular flexibility index (Phi) is 3.64. The summed E-state index contributed by atoms with van der Waals surface area (Å²) in [5.41, 5.74) is 6.58. The number of rotatable bonds is 3. The number of ether oxygens (including phenoxy) is 1. The van der Waals surface area contributed by atoms with Crippen LogP contribution in [-0.4, -0.2) is 30.1 Å². The zero-order chi connectivity index (χ0) is 12.3. The lowest BCUT2D eigenvalue weighted by Gasteiger charge is -2.44. The number of benzene rings is 1. The SMILES string of the molecule is CC1C(CN)CN1C(=O)OCc1ccccc1. The molecule has 17 heavy (non-hydrogen) atoms. The molecule has 0 spiro atoms. The number of carbonyl (C=O) groups is 1. The van der Waals surface area contributed by atoms with E-state index >= 15 is 0 Å². The van der Waals surface area contributed by atoms with Gasteiger partial charge in [-0.2, -0.15) is 0 Å². The van der Waals surface area contributed by atoms with Crippen LogP contribution in [0.4, 0.5) is 4.79 Å². The molecule has 1 fully saturated rings. The average molecular weight is 234 g/mol. The zero-order valence-electron chi connectivity index (χ0n) is 10.0. The molecule has 2 atom stereocenters. The first-order valence-corrected chi connectivity index (χ1v) is 5.89. The van der Waals surface area contributed by atoms with Crippen LogP contribution in [0.5, 0.6) is 0 Å². The first-order chi connectivity index (χ1) is 8.22. The maximum Gasteiger partial charge on any atom is 0.410 e. The quantitative estimate of drug-likeness (QED) is 0.864. The van der Waals surface area contributed by atoms with Gasteiger partial charge < -0.3 is 15.4 Å². The summed E-state index contributed by atoms with van der Waals surface area (Å²) in [6.45, 7) is 3.68. The summed E-state index contributed by atoms with van der Waals surface area (Å²) in [4.78, 5) is 13.5. The minimum Gasteiger partial charge on any atom is -0.445 e. The molecule has 1 amide bonds. The van der Waals surface area contributed by atoms with Gasteiger partial charge in [0, 0.05) is 18.5 Å². The summed E-state index contributed by atoms with van der Waals surface area (Å²) >= 11 is 0. The van der Waals surface area contributed by atoms with Gasteiger partial charge in [0.15, 0.2) is 0 Å². The molecule has 2 rings (SSSR count). The number of nitrogens with two attached hydrogens (primary N) is 1. The predicted octanol–water partition coefficient (Wildman–Crippen LogP) is 1.60. The lowest BCUT2D eigenvalue weighted by Crippen LogP contribution is -2.59. The highest BCUT2D eigenvalue weighted by atomic mass is 16.6. The molecule has 1 aliphatic heterocycles. The van der Waals surface area contributed by atoms with Crippen molar-refractivity contribution in [3.8, 4) is 0 Å². The molecular weight excluding hydrogens is 216 g/mol. The zero-order valence-corrected chi connectivity index (χ0v) is 10.0. The minimum atomic E-state index is -0.244. The third kappa shape index (κ3) is 2.58. The van der Waals surface area contributed by atoms with Gasteiger partial charge in [-0.25, -0.2) is 4.79 Å². The van der Waals surface area contributed by atoms with Crippen LogP contribution < -0.4 is 5.73 Å². The molecule has 1 aliphatic rings. The van der Waals surface area contributed by atoms with Gasteiger partial charge in [-0.05, 0) is 19.0 Å². The van der Waals surface area contributed by atoms with E-state index in [2.05, 4.69) is 0 Å². The van der Waals surface area contributed by atoms with E-state index in [1.807, 2.05) is 37.3 Å². The fraction of sp³-hybridized carbons (Fsp3) is 0.462. The smallest absolute Gasteiger partial charge is 0.410 e. The van der Waals surface area contributed by atoms with Gasteiger partial charge in [-0.15, -0.1) is 0 Å². The molecule has 2 unspecified atom stereocenters. The number of amides is 1. The number of hydrogen-bond donors (Lipinski definition) is 1. The molecule has 1 aromatic rings. The van der Waals surface area contributed by atoms with Crippen LogP contribution in [-0.2, 0) is 11.3 Å². The van der Waals surface area contributed by atoms with Crippen molar-refractivity contribution in [2.24, 2.45) is 11.7 Å². The maximum atomic E-state index is 11.7. The highest BCUT2D eigenvalue weighted by Crippen LogP contribution is 2.24. The van der Waals surface area contributed by atoms with Crippen LogP contribution in [0, 0.1) is 5.92 Å². The molecule has 1 heterocycles. The molecule has 0 saturated carbocycles. The molecule has 0 radical (unpaired) electrons. The van der Waals surface area contributed by atoms with Crippen molar-refractivity contribution in [2.75, 3.05) is 13.1 Å². The van der Waals surface area contributed by atoms with Gasteiger partial charge in [-0.3, -0.25) is 0 Å². The maximum absolute atomic E-state index is 11.7. The van der Waals surface area contributed by atoms with Crippen LogP contribution in [0.25, 0.3) is 0 Å². The van der Waals surface area contributed by atoms with Crippen molar-refractivity contribution in [3.05, 3.63) is 35.9 Å². The number of nitrogens with zero attached hydrogens (tertiary/aromatic N) is 1. The number of carbonyl (C=O) groups excluding carboxylic acids is 1. The first-order valence-electron chi connectivity index (χ1n) is 5.89. The Bertz CT molecular complexity index is 380. The van der Waals surface area contributed by atoms with Crippen LogP contribution in [0.2, 0.25) is 0 Å². The fourth-order valence-electron chi connectivity index (χ4n) is 2.00. The molecule has 0 bridgehead atoms. The largest absolute Gasteiger partial charge is 0.445 e. The third-order valence-electron chi connectivity index (χ3n) is 3.35. The van der Waals surface area contributed by atoms with Gasteiger partial charge in [0.1, 0.15) is 6.61 Å². The number of likely N-dealkylation sites (tertiary alicyclic amines) is 1. The van der Waals surface area contributed by atoms with Crippen molar-refractivity contribution in [3.63, 3.8) is 0 Å². The van der Waals surface area contributed by atoms with E-state index in [9.17, 15) is 4.79 Å². The van der Waals surface area contributed by atoms with Crippen molar-refractivity contribution >= 4 is 6.09 Å². The lowest BCUT2D eigenvalue weighted by atomic mass is 9.91. The second-order valence-corrected chi connectivity index (χ2v) is 4.43. The van der Waals surface area contributed by atoms with E-state index in [4.69, 9.17) is 10.5 Å². The minimum absolute atomic E-state index is 0.197. The highest BCUT2D eigenvalue weighted by molar-refractivity contribution is 5.69. The Hall–Kier alpha value is -1.55. The van der Waals surface area contributed by atoms with Gasteiger partial charge in [0.2, 0.25) is 0 Å². The molecule has 0 aliphatic carbocycles. The van der Waals surface area contributed by atoms with E-state index in [1.165, 1.54) is 0 Å². The summed E-state index contributed by atoms with van der Waals surface area (Å²) in [5, 5.41) is 0. The number of hydrogen-bond acceptors (Lipinski definition) is 3. The van der Waals surface area contributed by atoms with Crippen molar-refractivity contribution in [1.82, 2.24) is 4.90 Å². The van der Waals surface area contributed by atoms with Gasteiger partial charge in [-0.1, -0.05) is 30.3 Å². The molecule has 1 saturated heterocycles. The van der Waals surface area contributed by atoms with E-state index in [1.54, 1.807) is 4.90 Å². The van der Waals surface area contributed by atoms with Crippen LogP contribution in [0.3, 0.4) is 0 Å². The molecule has 0 aromatic heterocycles. The van der Waals surface area contributed by atoms with Gasteiger partial charge >= 0.3 is 6.09 Å². The molecule has 2 N–H and O–H groups in total. The Labute approximate surface area is 101 Å². The van der Waals surface area contributed by atoms with E-state index in [0.717, 1.165) is 5.56 Å². The second kappa shape index (κ2) is 5.19. The average Bonchev–Trinajstić information content (AvgIpc) is 2.36. The van der Waals surface area contributed by atoms with Gasteiger partial charge in [0.05, 0.1) is 0 Å². The van der Waals surface area contributed by atoms with Crippen molar-refractivity contribution in [2.45, 2.75) is 19.6 Å². The summed E-state index contributed by atoms with van der Waals surface area (Å²) in [6.07, 6.45) is -0.244. The third-order valence-corrected chi connectivity index (χ3v) is 3.35. The molecule has 4 nitrogen and oxygen atoms in total. The Morgan fingerprint density at radius 2 is 2.18 bits per heavy atom. The molecule has 92 valence electrons. The summed E-state index contributed by atoms with van der Waals surface area (Å²) in [5.74, 6) is 0.416. The van der Waals surface area contributed by atoms with E-state index in [-0.39, 0.29) is 12.1 Å². The highest BCUT2D eigenvalue weighted by Gasteiger charge is 2.38. The Morgan fingerprint density at radius 3 is 2.76 bits per heavy atom. The summed E-state index contributed by atoms with van der Waals surface area (Å²) in [7, 11) is 0. The predicted molar refractivity (Wildman–Crippen MR) is 65.3 cm³/mol. The first kappa shape index (κ1) is 11.9. The molecule has 4 heteroatoms. The lowest BCUT2D eigenvalue weighted by molar-refractivity contribution is 0.0142. The van der Waals surface area contributed by atoms with Crippen molar-refractivity contribution in [1.29, 1.82) is 0 Å². The van der Waals surface area contributed by atoms with E-state index in [0.29, 0.717) is 25.6 Å². The van der Waals surface area contributed by atoms with Gasteiger partial charge in [0.25, 0.3) is 0 Å². The summed E-state index contributed by atoms with van der Waals surface area (Å²) < 4.78 is 5.24.